The molecule has 88 valence electrons. The van der Waals surface area contributed by atoms with Crippen molar-refractivity contribution in [3.63, 3.8) is 0 Å². The topological polar surface area (TPSA) is 52.6 Å². The molecule has 2 rings (SSSR count). The van der Waals surface area contributed by atoms with Crippen molar-refractivity contribution < 1.29 is 19.1 Å². The molecule has 0 bridgehead atoms. The fraction of sp³-hybridized carbons (Fsp3) is 0.231. The van der Waals surface area contributed by atoms with Gasteiger partial charge in [-0.2, -0.15) is 0 Å². The first-order chi connectivity index (χ1) is 8.19. The Morgan fingerprint density at radius 2 is 2.12 bits per heavy atom. The number of esters is 1. The lowest BCUT2D eigenvalue weighted by Gasteiger charge is -2.05. The highest BCUT2D eigenvalue weighted by Crippen LogP contribution is 2.19. The number of allylic oxidation sites excluding steroid dienone is 2. The molecule has 0 amide bonds. The zero-order chi connectivity index (χ0) is 12.3. The van der Waals surface area contributed by atoms with Crippen molar-refractivity contribution in [2.24, 2.45) is 0 Å². The van der Waals surface area contributed by atoms with Crippen LogP contribution >= 0.6 is 0 Å². The number of hydrogen-bond donors (Lipinski definition) is 0. The Labute approximate surface area is 98.8 Å². The van der Waals surface area contributed by atoms with Crippen molar-refractivity contribution in [2.75, 3.05) is 7.11 Å². The van der Waals surface area contributed by atoms with Gasteiger partial charge < -0.3 is 9.47 Å². The highest BCUT2D eigenvalue weighted by atomic mass is 16.5. The van der Waals surface area contributed by atoms with Gasteiger partial charge >= 0.3 is 5.97 Å². The van der Waals surface area contributed by atoms with Crippen molar-refractivity contribution >= 4 is 11.8 Å². The maximum absolute atomic E-state index is 11.7. The Balaban J connectivity index is 2.09. The number of ether oxygens (including phenoxy) is 2. The predicted octanol–water partition coefficient (Wildman–Crippen LogP) is 2.10. The van der Waals surface area contributed by atoms with Crippen LogP contribution < -0.4 is 4.74 Å². The summed E-state index contributed by atoms with van der Waals surface area (Å²) in [5, 5.41) is 0. The first-order valence-corrected chi connectivity index (χ1v) is 5.28. The van der Waals surface area contributed by atoms with E-state index in [2.05, 4.69) is 0 Å². The third-order valence-corrected chi connectivity index (χ3v) is 2.47. The number of methoxy groups -OCH3 is 1. The van der Waals surface area contributed by atoms with E-state index in [1.807, 2.05) is 0 Å². The maximum atomic E-state index is 11.7. The molecule has 0 heterocycles. The van der Waals surface area contributed by atoms with Crippen LogP contribution in [0.5, 0.6) is 5.75 Å². The maximum Gasteiger partial charge on any atom is 0.343 e. The van der Waals surface area contributed by atoms with Crippen molar-refractivity contribution in [1.82, 2.24) is 0 Å². The summed E-state index contributed by atoms with van der Waals surface area (Å²) in [6, 6.07) is 6.70. The molecule has 0 spiro atoms. The first kappa shape index (κ1) is 11.4. The number of benzene rings is 1. The Hall–Kier alpha value is -2.10. The van der Waals surface area contributed by atoms with Crippen LogP contribution in [0.15, 0.2) is 36.1 Å². The van der Waals surface area contributed by atoms with Crippen LogP contribution in [0.3, 0.4) is 0 Å². The number of ketones is 1. The highest BCUT2D eigenvalue weighted by Gasteiger charge is 2.17. The molecule has 0 saturated carbocycles. The fourth-order valence-electron chi connectivity index (χ4n) is 1.58. The van der Waals surface area contributed by atoms with Gasteiger partial charge in [-0.25, -0.2) is 4.79 Å². The molecule has 0 unspecified atom stereocenters. The summed E-state index contributed by atoms with van der Waals surface area (Å²) in [5.41, 5.74) is 0.407. The van der Waals surface area contributed by atoms with Crippen LogP contribution in [0.25, 0.3) is 0 Å². The van der Waals surface area contributed by atoms with Gasteiger partial charge in [0.1, 0.15) is 11.5 Å². The Bertz CT molecular complexity index is 488. The van der Waals surface area contributed by atoms with Gasteiger partial charge in [0.2, 0.25) is 0 Å². The molecule has 0 fully saturated rings. The monoisotopic (exact) mass is 232 g/mol. The van der Waals surface area contributed by atoms with Gasteiger partial charge in [-0.1, -0.05) is 6.07 Å². The molecule has 0 aromatic heterocycles. The number of carbonyl (C=O) groups is 2. The van der Waals surface area contributed by atoms with Gasteiger partial charge in [-0.05, 0) is 18.2 Å². The van der Waals surface area contributed by atoms with E-state index < -0.39 is 5.97 Å². The van der Waals surface area contributed by atoms with Gasteiger partial charge in [0.15, 0.2) is 5.78 Å². The fourth-order valence-corrected chi connectivity index (χ4v) is 1.58. The third-order valence-electron chi connectivity index (χ3n) is 2.47. The van der Waals surface area contributed by atoms with Gasteiger partial charge in [0, 0.05) is 18.9 Å². The largest absolute Gasteiger partial charge is 0.497 e. The number of rotatable bonds is 3. The van der Waals surface area contributed by atoms with E-state index in [4.69, 9.17) is 9.47 Å². The zero-order valence-corrected chi connectivity index (χ0v) is 9.43. The average Bonchev–Trinajstić information content (AvgIpc) is 2.75. The number of carbonyl (C=O) groups excluding carboxylic acids is 2. The van der Waals surface area contributed by atoms with E-state index in [-0.39, 0.29) is 5.78 Å². The Morgan fingerprint density at radius 1 is 1.29 bits per heavy atom. The second kappa shape index (κ2) is 4.82. The molecule has 0 radical (unpaired) electrons. The Morgan fingerprint density at radius 3 is 2.76 bits per heavy atom. The molecule has 1 aromatic rings. The van der Waals surface area contributed by atoms with Gasteiger partial charge in [0.05, 0.1) is 12.7 Å². The lowest BCUT2D eigenvalue weighted by Crippen LogP contribution is -2.04. The molecular weight excluding hydrogens is 220 g/mol. The standard InChI is InChI=1S/C13H12O4/c1-16-11-4-2-3-9(7-11)13(15)17-12-6-5-10(14)8-12/h2-4,7-8H,5-6H2,1H3. The molecule has 4 nitrogen and oxygen atoms in total. The molecule has 1 aromatic carbocycles. The Kier molecular flexibility index (Phi) is 3.23. The molecule has 0 aliphatic heterocycles. The van der Waals surface area contributed by atoms with E-state index in [0.717, 1.165) is 0 Å². The molecule has 1 aliphatic rings. The van der Waals surface area contributed by atoms with Crippen LogP contribution in [0.1, 0.15) is 23.2 Å². The highest BCUT2D eigenvalue weighted by molar-refractivity contribution is 5.95. The molecule has 4 heteroatoms. The van der Waals surface area contributed by atoms with Crippen molar-refractivity contribution in [3.05, 3.63) is 41.7 Å². The van der Waals surface area contributed by atoms with E-state index in [1.165, 1.54) is 13.2 Å². The van der Waals surface area contributed by atoms with Crippen molar-refractivity contribution in [3.8, 4) is 5.75 Å². The summed E-state index contributed by atoms with van der Waals surface area (Å²) in [6.07, 6.45) is 2.29. The van der Waals surface area contributed by atoms with Crippen LogP contribution in [-0.4, -0.2) is 18.9 Å². The number of hydrogen-bond acceptors (Lipinski definition) is 4. The molecule has 1 aliphatic carbocycles. The quantitative estimate of drug-likeness (QED) is 0.749. The van der Waals surface area contributed by atoms with Crippen LogP contribution in [0, 0.1) is 0 Å². The summed E-state index contributed by atoms with van der Waals surface area (Å²) in [6.45, 7) is 0. The summed E-state index contributed by atoms with van der Waals surface area (Å²) in [4.78, 5) is 22.7. The normalized spacial score (nSPS) is 14.4. The second-order valence-electron chi connectivity index (χ2n) is 3.70. The summed E-state index contributed by atoms with van der Waals surface area (Å²) in [7, 11) is 1.53. The van der Waals surface area contributed by atoms with Crippen LogP contribution in [-0.2, 0) is 9.53 Å². The third kappa shape index (κ3) is 2.72. The molecular formula is C13H12O4. The average molecular weight is 232 g/mol. The molecule has 0 N–H and O–H groups in total. The minimum atomic E-state index is -0.468. The van der Waals surface area contributed by atoms with Crippen LogP contribution in [0.2, 0.25) is 0 Å². The van der Waals surface area contributed by atoms with Crippen molar-refractivity contribution in [2.45, 2.75) is 12.8 Å². The smallest absolute Gasteiger partial charge is 0.343 e. The summed E-state index contributed by atoms with van der Waals surface area (Å²) >= 11 is 0. The zero-order valence-electron chi connectivity index (χ0n) is 9.43. The predicted molar refractivity (Wildman–Crippen MR) is 60.7 cm³/mol. The summed E-state index contributed by atoms with van der Waals surface area (Å²) < 4.78 is 10.1. The molecule has 0 atom stereocenters. The van der Waals surface area contributed by atoms with E-state index >= 15 is 0 Å². The van der Waals surface area contributed by atoms with Crippen molar-refractivity contribution in [1.29, 1.82) is 0 Å². The first-order valence-electron chi connectivity index (χ1n) is 5.28. The molecule has 17 heavy (non-hydrogen) atoms. The minimum absolute atomic E-state index is 0.00144. The van der Waals surface area contributed by atoms with Gasteiger partial charge in [0.25, 0.3) is 0 Å². The van der Waals surface area contributed by atoms with E-state index in [1.54, 1.807) is 24.3 Å². The van der Waals surface area contributed by atoms with E-state index in [0.29, 0.717) is 29.9 Å². The van der Waals surface area contributed by atoms with Crippen LogP contribution in [0.4, 0.5) is 0 Å². The van der Waals surface area contributed by atoms with Gasteiger partial charge in [-0.15, -0.1) is 0 Å². The van der Waals surface area contributed by atoms with E-state index in [9.17, 15) is 9.59 Å². The SMILES string of the molecule is COc1cccc(C(=O)OC2=CC(=O)CC2)c1. The molecule has 0 saturated heterocycles. The second-order valence-corrected chi connectivity index (χ2v) is 3.70. The lowest BCUT2D eigenvalue weighted by molar-refractivity contribution is -0.114. The summed E-state index contributed by atoms with van der Waals surface area (Å²) in [5.74, 6) is 0.557. The van der Waals surface area contributed by atoms with Gasteiger partial charge in [-0.3, -0.25) is 4.79 Å². The lowest BCUT2D eigenvalue weighted by atomic mass is 10.2. The minimum Gasteiger partial charge on any atom is -0.497 e.